The fourth-order valence-electron chi connectivity index (χ4n) is 2.52. The van der Waals surface area contributed by atoms with Gasteiger partial charge in [-0.25, -0.2) is 0 Å². The molecule has 1 rings (SSSR count). The summed E-state index contributed by atoms with van der Waals surface area (Å²) < 4.78 is 0. The van der Waals surface area contributed by atoms with Crippen LogP contribution in [0.15, 0.2) is 0 Å². The Morgan fingerprint density at radius 1 is 1.44 bits per heavy atom. The molecule has 3 heteroatoms. The first-order valence-electron chi connectivity index (χ1n) is 6.63. The maximum Gasteiger partial charge on any atom is 0.239 e. The molecule has 0 spiro atoms. The molecule has 1 aliphatic rings. The number of nitrogens with one attached hydrogen (secondary N) is 1. The van der Waals surface area contributed by atoms with E-state index in [1.54, 1.807) is 0 Å². The van der Waals surface area contributed by atoms with Crippen molar-refractivity contribution in [2.75, 3.05) is 6.54 Å². The largest absolute Gasteiger partial charge is 0.355 e. The van der Waals surface area contributed by atoms with Gasteiger partial charge in [0.05, 0.1) is 5.54 Å². The van der Waals surface area contributed by atoms with Crippen molar-refractivity contribution < 1.29 is 4.79 Å². The van der Waals surface area contributed by atoms with Gasteiger partial charge in [-0.15, -0.1) is 0 Å². The smallest absolute Gasteiger partial charge is 0.239 e. The summed E-state index contributed by atoms with van der Waals surface area (Å²) in [5.74, 6) is 0.836. The Balaban J connectivity index is 2.18. The maximum absolute atomic E-state index is 11.8. The lowest BCUT2D eigenvalue weighted by atomic mass is 9.96. The first-order chi connectivity index (χ1) is 7.56. The first kappa shape index (κ1) is 13.5. The van der Waals surface area contributed by atoms with Crippen molar-refractivity contribution in [1.29, 1.82) is 0 Å². The van der Waals surface area contributed by atoms with E-state index in [-0.39, 0.29) is 5.91 Å². The first-order valence-corrected chi connectivity index (χ1v) is 6.63. The molecule has 0 aromatic heterocycles. The van der Waals surface area contributed by atoms with Gasteiger partial charge in [-0.05, 0) is 25.7 Å². The lowest BCUT2D eigenvalue weighted by Crippen LogP contribution is -2.51. The quantitative estimate of drug-likeness (QED) is 0.729. The molecule has 3 N–H and O–H groups in total. The Hall–Kier alpha value is -0.570. The summed E-state index contributed by atoms with van der Waals surface area (Å²) in [6.45, 7) is 4.67. The zero-order valence-corrected chi connectivity index (χ0v) is 10.7. The molecule has 0 bridgehead atoms. The predicted octanol–water partition coefficient (Wildman–Crippen LogP) is 2.20. The van der Waals surface area contributed by atoms with E-state index in [2.05, 4.69) is 12.2 Å². The van der Waals surface area contributed by atoms with E-state index in [0.717, 1.165) is 31.7 Å². The van der Waals surface area contributed by atoms with E-state index in [0.29, 0.717) is 0 Å². The van der Waals surface area contributed by atoms with Crippen molar-refractivity contribution in [3.63, 3.8) is 0 Å². The van der Waals surface area contributed by atoms with Gasteiger partial charge in [0, 0.05) is 6.54 Å². The highest BCUT2D eigenvalue weighted by Crippen LogP contribution is 2.26. The van der Waals surface area contributed by atoms with E-state index >= 15 is 0 Å². The zero-order chi connectivity index (χ0) is 12.0. The van der Waals surface area contributed by atoms with Gasteiger partial charge in [-0.2, -0.15) is 0 Å². The lowest BCUT2D eigenvalue weighted by molar-refractivity contribution is -0.126. The van der Waals surface area contributed by atoms with Crippen molar-refractivity contribution >= 4 is 5.91 Å². The van der Waals surface area contributed by atoms with Crippen LogP contribution in [-0.2, 0) is 4.79 Å². The van der Waals surface area contributed by atoms with Gasteiger partial charge in [-0.1, -0.05) is 39.0 Å². The van der Waals surface area contributed by atoms with E-state index < -0.39 is 5.54 Å². The second-order valence-electron chi connectivity index (χ2n) is 5.36. The minimum absolute atomic E-state index is 0.00680. The van der Waals surface area contributed by atoms with Crippen LogP contribution in [0.1, 0.15) is 58.8 Å². The number of amides is 1. The molecule has 1 fully saturated rings. The van der Waals surface area contributed by atoms with E-state index in [1.807, 2.05) is 6.92 Å². The van der Waals surface area contributed by atoms with Crippen LogP contribution >= 0.6 is 0 Å². The SMILES string of the molecule is CCCC(C)(N)C(=O)NCCC1CCCC1. The van der Waals surface area contributed by atoms with Crippen LogP contribution in [0.3, 0.4) is 0 Å². The minimum atomic E-state index is -0.690. The third kappa shape index (κ3) is 4.12. The van der Waals surface area contributed by atoms with Crippen LogP contribution in [0.2, 0.25) is 0 Å². The maximum atomic E-state index is 11.8. The van der Waals surface area contributed by atoms with Crippen molar-refractivity contribution in [1.82, 2.24) is 5.32 Å². The van der Waals surface area contributed by atoms with Crippen molar-refractivity contribution in [2.45, 2.75) is 64.3 Å². The van der Waals surface area contributed by atoms with Crippen LogP contribution in [0.5, 0.6) is 0 Å². The fraction of sp³-hybridized carbons (Fsp3) is 0.923. The summed E-state index contributed by atoms with van der Waals surface area (Å²) in [4.78, 5) is 11.8. The van der Waals surface area contributed by atoms with Crippen LogP contribution in [-0.4, -0.2) is 18.0 Å². The molecule has 0 aromatic carbocycles. The van der Waals surface area contributed by atoms with Gasteiger partial charge >= 0.3 is 0 Å². The molecule has 94 valence electrons. The Morgan fingerprint density at radius 2 is 2.06 bits per heavy atom. The third-order valence-corrected chi connectivity index (χ3v) is 3.60. The number of carbonyl (C=O) groups excluding carboxylic acids is 1. The second-order valence-corrected chi connectivity index (χ2v) is 5.36. The number of carbonyl (C=O) groups is 1. The average molecular weight is 226 g/mol. The highest BCUT2D eigenvalue weighted by atomic mass is 16.2. The molecule has 1 amide bonds. The number of hydrogen-bond donors (Lipinski definition) is 2. The second kappa shape index (κ2) is 6.24. The van der Waals surface area contributed by atoms with Crippen molar-refractivity contribution in [3.8, 4) is 0 Å². The molecule has 1 aliphatic carbocycles. The normalized spacial score (nSPS) is 20.7. The van der Waals surface area contributed by atoms with Gasteiger partial charge in [0.15, 0.2) is 0 Å². The van der Waals surface area contributed by atoms with E-state index in [9.17, 15) is 4.79 Å². The van der Waals surface area contributed by atoms with Gasteiger partial charge in [0.1, 0.15) is 0 Å². The lowest BCUT2D eigenvalue weighted by Gasteiger charge is -2.23. The highest BCUT2D eigenvalue weighted by Gasteiger charge is 2.26. The number of hydrogen-bond acceptors (Lipinski definition) is 2. The van der Waals surface area contributed by atoms with Crippen LogP contribution < -0.4 is 11.1 Å². The average Bonchev–Trinajstić information content (AvgIpc) is 2.70. The monoisotopic (exact) mass is 226 g/mol. The molecule has 1 saturated carbocycles. The molecule has 1 atom stereocenters. The Labute approximate surface area is 99.2 Å². The summed E-state index contributed by atoms with van der Waals surface area (Å²) in [6, 6.07) is 0. The van der Waals surface area contributed by atoms with Gasteiger partial charge in [0.25, 0.3) is 0 Å². The summed E-state index contributed by atoms with van der Waals surface area (Å²) in [7, 11) is 0. The standard InChI is InChI=1S/C13H26N2O/c1-3-9-13(2,14)12(16)15-10-8-11-6-4-5-7-11/h11H,3-10,14H2,1-2H3,(H,15,16). The molecule has 0 saturated heterocycles. The van der Waals surface area contributed by atoms with Gasteiger partial charge in [0.2, 0.25) is 5.91 Å². The van der Waals surface area contributed by atoms with Gasteiger partial charge < -0.3 is 11.1 Å². The van der Waals surface area contributed by atoms with Gasteiger partial charge in [-0.3, -0.25) is 4.79 Å². The molecule has 1 unspecified atom stereocenters. The zero-order valence-electron chi connectivity index (χ0n) is 10.7. The summed E-state index contributed by atoms with van der Waals surface area (Å²) >= 11 is 0. The Morgan fingerprint density at radius 3 is 2.62 bits per heavy atom. The molecule has 16 heavy (non-hydrogen) atoms. The molecular formula is C13H26N2O. The summed E-state index contributed by atoms with van der Waals surface area (Å²) in [6.07, 6.45) is 8.22. The molecule has 0 heterocycles. The highest BCUT2D eigenvalue weighted by molar-refractivity contribution is 5.85. The van der Waals surface area contributed by atoms with E-state index in [4.69, 9.17) is 5.73 Å². The predicted molar refractivity (Wildman–Crippen MR) is 67.1 cm³/mol. The number of rotatable bonds is 6. The minimum Gasteiger partial charge on any atom is -0.355 e. The van der Waals surface area contributed by atoms with Crippen LogP contribution in [0, 0.1) is 5.92 Å². The molecule has 0 aromatic rings. The Bertz CT molecular complexity index is 220. The van der Waals surface area contributed by atoms with Crippen molar-refractivity contribution in [3.05, 3.63) is 0 Å². The number of nitrogens with two attached hydrogens (primary N) is 1. The molecule has 0 aliphatic heterocycles. The summed E-state index contributed by atoms with van der Waals surface area (Å²) in [5, 5.41) is 2.97. The summed E-state index contributed by atoms with van der Waals surface area (Å²) in [5.41, 5.74) is 5.26. The topological polar surface area (TPSA) is 55.1 Å². The Kier molecular flexibility index (Phi) is 5.26. The molecule has 0 radical (unpaired) electrons. The van der Waals surface area contributed by atoms with Crippen molar-refractivity contribution in [2.24, 2.45) is 11.7 Å². The van der Waals surface area contributed by atoms with Crippen LogP contribution in [0.25, 0.3) is 0 Å². The third-order valence-electron chi connectivity index (χ3n) is 3.60. The molecular weight excluding hydrogens is 200 g/mol. The van der Waals surface area contributed by atoms with Crippen LogP contribution in [0.4, 0.5) is 0 Å². The van der Waals surface area contributed by atoms with E-state index in [1.165, 1.54) is 25.7 Å². The molecule has 3 nitrogen and oxygen atoms in total. The fourth-order valence-corrected chi connectivity index (χ4v) is 2.52.